The summed E-state index contributed by atoms with van der Waals surface area (Å²) in [6.45, 7) is -0.0576. The van der Waals surface area contributed by atoms with Gasteiger partial charge in [-0.1, -0.05) is 52.7 Å². The van der Waals surface area contributed by atoms with Crippen LogP contribution in [0.2, 0.25) is 10.0 Å². The molecule has 3 N–H and O–H groups in total. The first kappa shape index (κ1) is 27.3. The van der Waals surface area contributed by atoms with Crippen molar-refractivity contribution in [2.45, 2.75) is 12.7 Å². The molecular formula is C22H19Cl2F3N4O4S2. The molecule has 0 radical (unpaired) electrons. The van der Waals surface area contributed by atoms with Crippen LogP contribution in [0.4, 0.5) is 29.0 Å². The maximum atomic E-state index is 13.3. The lowest BCUT2D eigenvalue weighted by atomic mass is 10.1. The summed E-state index contributed by atoms with van der Waals surface area (Å²) in [4.78, 5) is 19.2. The molecule has 198 valence electrons. The van der Waals surface area contributed by atoms with E-state index in [2.05, 4.69) is 15.6 Å². The summed E-state index contributed by atoms with van der Waals surface area (Å²) in [6, 6.07) is 7.64. The average Bonchev–Trinajstić information content (AvgIpc) is 3.24. The van der Waals surface area contributed by atoms with E-state index < -0.39 is 34.0 Å². The molecule has 0 bridgehead atoms. The molecule has 0 aliphatic carbocycles. The van der Waals surface area contributed by atoms with E-state index in [0.29, 0.717) is 10.8 Å². The molecule has 1 aliphatic rings. The lowest BCUT2D eigenvalue weighted by molar-refractivity contribution is -0.138. The van der Waals surface area contributed by atoms with Crippen molar-refractivity contribution in [3.8, 4) is 5.75 Å². The number of nitrogens with zero attached hydrogens (tertiary/aromatic N) is 2. The number of nitrogens with one attached hydrogen (secondary N) is 2. The Kier molecular flexibility index (Phi) is 7.79. The maximum Gasteiger partial charge on any atom is 0.416 e. The molecule has 2 heterocycles. The van der Waals surface area contributed by atoms with E-state index in [1.54, 1.807) is 4.90 Å². The lowest BCUT2D eigenvalue weighted by Gasteiger charge is -2.25. The van der Waals surface area contributed by atoms with E-state index in [0.717, 1.165) is 17.4 Å². The number of sulfone groups is 1. The second-order valence-electron chi connectivity index (χ2n) is 8.06. The summed E-state index contributed by atoms with van der Waals surface area (Å²) in [7, 11) is -3.17. The molecule has 0 atom stereocenters. The molecule has 1 amide bonds. The van der Waals surface area contributed by atoms with Crippen molar-refractivity contribution in [1.82, 2.24) is 10.3 Å². The highest BCUT2D eigenvalue weighted by atomic mass is 35.5. The molecule has 8 nitrogen and oxygen atoms in total. The van der Waals surface area contributed by atoms with Crippen molar-refractivity contribution < 1.29 is 31.5 Å². The van der Waals surface area contributed by atoms with Crippen LogP contribution in [0.5, 0.6) is 5.75 Å². The molecule has 1 aliphatic heterocycles. The van der Waals surface area contributed by atoms with Crippen LogP contribution < -0.4 is 15.5 Å². The van der Waals surface area contributed by atoms with Crippen LogP contribution in [0.25, 0.3) is 0 Å². The summed E-state index contributed by atoms with van der Waals surface area (Å²) in [5, 5.41) is 15.7. The Labute approximate surface area is 223 Å². The normalized spacial score (nSPS) is 15.4. The van der Waals surface area contributed by atoms with Crippen molar-refractivity contribution in [3.63, 3.8) is 0 Å². The number of aromatic nitrogens is 1. The van der Waals surface area contributed by atoms with Gasteiger partial charge in [-0.25, -0.2) is 13.4 Å². The number of benzene rings is 2. The molecule has 1 saturated heterocycles. The molecule has 0 saturated carbocycles. The average molecular weight is 595 g/mol. The van der Waals surface area contributed by atoms with Gasteiger partial charge in [-0.05, 0) is 23.8 Å². The first-order valence-corrected chi connectivity index (χ1v) is 14.1. The van der Waals surface area contributed by atoms with Crippen LogP contribution >= 0.6 is 34.5 Å². The molecule has 4 rings (SSSR count). The fourth-order valence-electron chi connectivity index (χ4n) is 3.57. The lowest BCUT2D eigenvalue weighted by Crippen LogP contribution is -2.40. The maximum absolute atomic E-state index is 13.3. The van der Waals surface area contributed by atoms with Crippen LogP contribution in [0.1, 0.15) is 21.6 Å². The number of hydrogen-bond donors (Lipinski definition) is 3. The number of aromatic hydroxyl groups is 1. The quantitative estimate of drug-likeness (QED) is 0.341. The molecule has 37 heavy (non-hydrogen) atoms. The van der Waals surface area contributed by atoms with E-state index in [-0.39, 0.29) is 56.6 Å². The van der Waals surface area contributed by atoms with Gasteiger partial charge in [0.15, 0.2) is 26.4 Å². The highest BCUT2D eigenvalue weighted by molar-refractivity contribution is 7.91. The van der Waals surface area contributed by atoms with Gasteiger partial charge in [0.2, 0.25) is 0 Å². The molecule has 0 unspecified atom stereocenters. The second-order valence-corrected chi connectivity index (χ2v) is 12.2. The number of carbonyl (C=O) groups is 1. The SMILES string of the molecule is O=C(NCc1ccccc1C(F)(F)F)c1nc(N2CCS(=O)(=O)CC2)sc1Nc1cc(Cl)c(O)c(Cl)c1. The minimum atomic E-state index is -4.59. The first-order valence-electron chi connectivity index (χ1n) is 10.7. The summed E-state index contributed by atoms with van der Waals surface area (Å²) in [6.07, 6.45) is -4.59. The van der Waals surface area contributed by atoms with Crippen molar-refractivity contribution >= 4 is 66.1 Å². The summed E-state index contributed by atoms with van der Waals surface area (Å²) >= 11 is 13.0. The summed E-state index contributed by atoms with van der Waals surface area (Å²) < 4.78 is 63.6. The fraction of sp³-hybridized carbons (Fsp3) is 0.273. The second kappa shape index (κ2) is 10.6. The molecule has 1 aromatic heterocycles. The minimum Gasteiger partial charge on any atom is -0.505 e. The predicted molar refractivity (Wildman–Crippen MR) is 137 cm³/mol. The molecule has 15 heteroatoms. The van der Waals surface area contributed by atoms with Crippen LogP contribution in [0, 0.1) is 0 Å². The third-order valence-electron chi connectivity index (χ3n) is 5.48. The Bertz CT molecular complexity index is 1410. The van der Waals surface area contributed by atoms with E-state index in [1.807, 2.05) is 0 Å². The number of alkyl halides is 3. The Morgan fingerprint density at radius 2 is 1.76 bits per heavy atom. The number of halogens is 5. The Morgan fingerprint density at radius 3 is 2.38 bits per heavy atom. The molecule has 1 fully saturated rings. The number of hydrogen-bond acceptors (Lipinski definition) is 8. The predicted octanol–water partition coefficient (Wildman–Crippen LogP) is 5.08. The van der Waals surface area contributed by atoms with Gasteiger partial charge in [-0.3, -0.25) is 4.79 Å². The molecule has 2 aromatic carbocycles. The van der Waals surface area contributed by atoms with Gasteiger partial charge in [0, 0.05) is 25.3 Å². The van der Waals surface area contributed by atoms with Crippen LogP contribution in [0.3, 0.4) is 0 Å². The van der Waals surface area contributed by atoms with Crippen LogP contribution in [-0.2, 0) is 22.6 Å². The van der Waals surface area contributed by atoms with Crippen molar-refractivity contribution in [2.75, 3.05) is 34.8 Å². The summed E-state index contributed by atoms with van der Waals surface area (Å²) in [5.74, 6) is -1.22. The minimum absolute atomic E-state index is 0.0456. The van der Waals surface area contributed by atoms with E-state index in [1.165, 1.54) is 30.3 Å². The zero-order valence-corrected chi connectivity index (χ0v) is 21.9. The van der Waals surface area contributed by atoms with Crippen molar-refractivity contribution in [3.05, 3.63) is 63.3 Å². The standard InChI is InChI=1S/C22H19Cl2F3N4O4S2/c23-15-9-13(10-16(24)18(15)32)29-20-17(30-21(36-20)31-5-7-37(34,35)8-6-31)19(33)28-11-12-3-1-2-4-14(12)22(25,26)27/h1-4,9-10,29,32H,5-8,11H2,(H,28,33). The van der Waals surface area contributed by atoms with Crippen molar-refractivity contribution in [1.29, 1.82) is 0 Å². The van der Waals surface area contributed by atoms with Crippen LogP contribution in [0.15, 0.2) is 36.4 Å². The Morgan fingerprint density at radius 1 is 1.14 bits per heavy atom. The number of carbonyl (C=O) groups excluding carboxylic acids is 1. The van der Waals surface area contributed by atoms with Gasteiger partial charge in [0.1, 0.15) is 5.00 Å². The van der Waals surface area contributed by atoms with Gasteiger partial charge in [-0.2, -0.15) is 13.2 Å². The van der Waals surface area contributed by atoms with E-state index in [4.69, 9.17) is 23.2 Å². The largest absolute Gasteiger partial charge is 0.505 e. The van der Waals surface area contributed by atoms with Crippen molar-refractivity contribution in [2.24, 2.45) is 0 Å². The number of rotatable bonds is 6. The van der Waals surface area contributed by atoms with E-state index in [9.17, 15) is 31.5 Å². The monoisotopic (exact) mass is 594 g/mol. The van der Waals surface area contributed by atoms with Gasteiger partial charge in [0.25, 0.3) is 5.91 Å². The topological polar surface area (TPSA) is 112 Å². The zero-order chi connectivity index (χ0) is 27.0. The number of anilines is 3. The van der Waals surface area contributed by atoms with E-state index >= 15 is 0 Å². The fourth-order valence-corrected chi connectivity index (χ4v) is 6.29. The number of thiazole rings is 1. The molecular weight excluding hydrogens is 576 g/mol. The third kappa shape index (κ3) is 6.40. The molecule has 3 aromatic rings. The number of amides is 1. The van der Waals surface area contributed by atoms with Gasteiger partial charge >= 0.3 is 6.18 Å². The molecule has 0 spiro atoms. The van der Waals surface area contributed by atoms with Gasteiger partial charge in [-0.15, -0.1) is 0 Å². The van der Waals surface area contributed by atoms with Crippen LogP contribution in [-0.4, -0.2) is 49.0 Å². The highest BCUT2D eigenvalue weighted by Gasteiger charge is 2.33. The van der Waals surface area contributed by atoms with Gasteiger partial charge in [0.05, 0.1) is 27.1 Å². The smallest absolute Gasteiger partial charge is 0.416 e. The Hall–Kier alpha value is -2.74. The zero-order valence-electron chi connectivity index (χ0n) is 18.8. The number of phenols is 1. The Balaban J connectivity index is 1.63. The third-order valence-corrected chi connectivity index (χ3v) is 8.70. The number of phenolic OH excluding ortho intramolecular Hbond substituents is 1. The summed E-state index contributed by atoms with van der Waals surface area (Å²) in [5.41, 5.74) is -0.777. The first-order chi connectivity index (χ1) is 17.3. The van der Waals surface area contributed by atoms with Gasteiger partial charge < -0.3 is 20.6 Å². The highest BCUT2D eigenvalue weighted by Crippen LogP contribution is 2.39.